The van der Waals surface area contributed by atoms with Crippen molar-refractivity contribution in [3.63, 3.8) is 0 Å². The number of aromatic nitrogens is 8. The van der Waals surface area contributed by atoms with E-state index in [0.29, 0.717) is 72.1 Å². The zero-order valence-electron chi connectivity index (χ0n) is 67.1. The summed E-state index contributed by atoms with van der Waals surface area (Å²) in [6, 6.07) is 37.1. The van der Waals surface area contributed by atoms with E-state index in [2.05, 4.69) is 68.4 Å². The lowest BCUT2D eigenvalue weighted by atomic mass is 10.1. The summed E-state index contributed by atoms with van der Waals surface area (Å²) in [5.74, 6) is 1.92. The number of carbonyl (C=O) groups is 4. The van der Waals surface area contributed by atoms with E-state index in [1.54, 1.807) is 89.1 Å². The van der Waals surface area contributed by atoms with Gasteiger partial charge >= 0.3 is 23.9 Å². The number of allylic oxidation sites excluding steroid dienone is 4. The van der Waals surface area contributed by atoms with Gasteiger partial charge in [-0.2, -0.15) is 0 Å². The second-order valence-corrected chi connectivity index (χ2v) is 29.6. The number of rotatable bonds is 34. The number of hydrogen-bond acceptors (Lipinski definition) is 25. The van der Waals surface area contributed by atoms with E-state index in [-0.39, 0.29) is 23.1 Å². The molecule has 0 fully saturated rings. The fraction of sp³-hybridized carbons (Fsp3) is 0.200. The molecule has 0 radical (unpaired) electrons. The standard InChI is InChI=1S/C25H23N3O3S.C22H23N3O4S.C22H23N3O3S.C21H21N3O3S/c1-4-6-20-21(5-2)27-23(18-13-22(31-3)32-14-18)28-24(20)26-19-10-9-15-11-17(25(29)30)8-7-16(15)12-19;1-5-7-15-16(6-2)23-20(14-11-19(29-4)30-12-14)25-21(15)24-17-9-8-13(22(26)27)10-18(17)28-3;1-4-6-17-18(5-2)24-21(15-12-20(28-3)29-13-15)25-22(17)23-16-9-7-14(8-10-16)11-19(26)27;1-4-6-16-17(5-2)23-19(14-11-18(27-3)28-12-14)24-20(16)22-15-9-7-13(8-10-15)21(25)26/h4,7-14H,1,5-6H2,2-3H3,(H,29,30)(H,26,27,28);5,8-12H,1,6-7H2,2-4H3,(H,26,27)(H,23,24,25);4,7-10,12-13H,1,5-6,11H2,2-3H3,(H,26,27)(H,23,24,25);4,7-12H,1,5-6H2,2-3H3,(H,25,26)(H,22,23,24). The van der Waals surface area contributed by atoms with Gasteiger partial charge in [0.1, 0.15) is 29.0 Å². The highest BCUT2D eigenvalue weighted by atomic mass is 32.1. The molecule has 0 saturated carbocycles. The molecule has 8 heterocycles. The number of hydrogen-bond donors (Lipinski definition) is 8. The van der Waals surface area contributed by atoms with Crippen LogP contribution in [0.15, 0.2) is 200 Å². The van der Waals surface area contributed by atoms with Crippen LogP contribution < -0.4 is 45.0 Å². The van der Waals surface area contributed by atoms with Gasteiger partial charge in [0.15, 0.2) is 43.6 Å². The van der Waals surface area contributed by atoms with Gasteiger partial charge in [0.2, 0.25) is 0 Å². The van der Waals surface area contributed by atoms with Crippen LogP contribution in [0.2, 0.25) is 0 Å². The zero-order chi connectivity index (χ0) is 85.2. The summed E-state index contributed by atoms with van der Waals surface area (Å²) in [6.07, 6.45) is 12.9. The monoisotopic (exact) mass is 1670 g/mol. The van der Waals surface area contributed by atoms with Crippen molar-refractivity contribution < 1.29 is 63.3 Å². The van der Waals surface area contributed by atoms with Crippen LogP contribution in [-0.2, 0) is 62.6 Å². The lowest BCUT2D eigenvalue weighted by Gasteiger charge is -2.17. The van der Waals surface area contributed by atoms with Crippen molar-refractivity contribution in [2.75, 3.05) is 56.8 Å². The molecule has 25 nitrogen and oxygen atoms in total. The minimum absolute atomic E-state index is 0.000376. The molecule has 0 aliphatic carbocycles. The summed E-state index contributed by atoms with van der Waals surface area (Å²) in [6.45, 7) is 23.7. The van der Waals surface area contributed by atoms with Crippen LogP contribution in [0.1, 0.15) is 109 Å². The fourth-order valence-electron chi connectivity index (χ4n) is 12.3. The molecular weight excluding hydrogens is 1590 g/mol. The molecule has 0 atom stereocenters. The van der Waals surface area contributed by atoms with E-state index < -0.39 is 23.9 Å². The molecule has 0 aliphatic rings. The Morgan fingerprint density at radius 2 is 0.672 bits per heavy atom. The maximum atomic E-state index is 11.3. The van der Waals surface area contributed by atoms with Crippen LogP contribution in [-0.4, -0.2) is 120 Å². The summed E-state index contributed by atoms with van der Waals surface area (Å²) in [7, 11) is 8.04. The van der Waals surface area contributed by atoms with Crippen LogP contribution in [0.5, 0.6) is 26.0 Å². The molecule has 8 N–H and O–H groups in total. The van der Waals surface area contributed by atoms with Crippen LogP contribution in [0.25, 0.3) is 56.3 Å². The first-order valence-electron chi connectivity index (χ1n) is 37.6. The molecular formula is C90H90N12O13S4. The number of anilines is 8. The number of benzene rings is 5. The van der Waals surface area contributed by atoms with Crippen molar-refractivity contribution in [1.82, 2.24) is 39.9 Å². The number of aryl methyl sites for hydroxylation is 4. The lowest BCUT2D eigenvalue weighted by molar-refractivity contribution is -0.136. The van der Waals surface area contributed by atoms with Crippen LogP contribution in [0.3, 0.4) is 0 Å². The van der Waals surface area contributed by atoms with Crippen molar-refractivity contribution in [1.29, 1.82) is 0 Å². The largest absolute Gasteiger partial charge is 0.495 e. The molecule has 0 saturated heterocycles. The van der Waals surface area contributed by atoms with Gasteiger partial charge in [-0.3, -0.25) is 4.79 Å². The van der Waals surface area contributed by atoms with Gasteiger partial charge in [0.05, 0.1) is 64.3 Å². The Labute approximate surface area is 705 Å². The summed E-state index contributed by atoms with van der Waals surface area (Å²) in [5, 5.41) is 62.8. The molecule has 612 valence electrons. The van der Waals surface area contributed by atoms with Gasteiger partial charge < -0.3 is 65.4 Å². The van der Waals surface area contributed by atoms with E-state index in [1.807, 2.05) is 107 Å². The van der Waals surface area contributed by atoms with E-state index >= 15 is 0 Å². The van der Waals surface area contributed by atoms with E-state index in [1.165, 1.54) is 64.6 Å². The van der Waals surface area contributed by atoms with Gasteiger partial charge in [-0.25, -0.2) is 54.3 Å². The zero-order valence-corrected chi connectivity index (χ0v) is 70.4. The van der Waals surface area contributed by atoms with Gasteiger partial charge in [-0.15, -0.1) is 71.7 Å². The summed E-state index contributed by atoms with van der Waals surface area (Å²) in [5.41, 5.74) is 15.8. The molecule has 29 heteroatoms. The number of fused-ring (bicyclic) bond motifs is 1. The molecule has 5 aromatic carbocycles. The highest BCUT2D eigenvalue weighted by Gasteiger charge is 2.23. The first-order chi connectivity index (χ1) is 57.6. The second-order valence-electron chi connectivity index (χ2n) is 26.1. The van der Waals surface area contributed by atoms with Crippen molar-refractivity contribution >= 4 is 126 Å². The molecule has 8 aromatic heterocycles. The van der Waals surface area contributed by atoms with Crippen LogP contribution in [0.4, 0.5) is 46.0 Å². The minimum Gasteiger partial charge on any atom is -0.495 e. The number of carboxylic acids is 4. The predicted molar refractivity (Wildman–Crippen MR) is 476 cm³/mol. The Balaban J connectivity index is 0.000000167. The summed E-state index contributed by atoms with van der Waals surface area (Å²) >= 11 is 5.98. The smallest absolute Gasteiger partial charge is 0.335 e. The van der Waals surface area contributed by atoms with E-state index in [4.69, 9.17) is 73.8 Å². The molecule has 0 aliphatic heterocycles. The molecule has 119 heavy (non-hydrogen) atoms. The number of nitrogens with one attached hydrogen (secondary N) is 4. The average Bonchev–Trinajstić information content (AvgIpc) is 1.49. The van der Waals surface area contributed by atoms with Crippen molar-refractivity contribution in [3.05, 3.63) is 267 Å². The van der Waals surface area contributed by atoms with Crippen LogP contribution >= 0.6 is 45.3 Å². The number of ether oxygens (including phenoxy) is 5. The third-order valence-corrected chi connectivity index (χ3v) is 21.8. The highest BCUT2D eigenvalue weighted by molar-refractivity contribution is 7.13. The molecule has 0 spiro atoms. The highest BCUT2D eigenvalue weighted by Crippen LogP contribution is 2.39. The first-order valence-corrected chi connectivity index (χ1v) is 41.1. The second kappa shape index (κ2) is 42.4. The van der Waals surface area contributed by atoms with E-state index in [0.717, 1.165) is 158 Å². The molecule has 13 aromatic rings. The topological polar surface area (TPSA) is 347 Å². The Morgan fingerprint density at radius 3 is 1.00 bits per heavy atom. The number of aliphatic carboxylic acids is 1. The van der Waals surface area contributed by atoms with Gasteiger partial charge in [0.25, 0.3) is 0 Å². The quantitative estimate of drug-likeness (QED) is 0.0174. The minimum atomic E-state index is -1.02. The Morgan fingerprint density at radius 1 is 0.361 bits per heavy atom. The van der Waals surface area contributed by atoms with Gasteiger partial charge in [0, 0.05) is 130 Å². The number of nitrogens with zero attached hydrogens (tertiary/aromatic N) is 8. The van der Waals surface area contributed by atoms with Gasteiger partial charge in [-0.1, -0.05) is 76.3 Å². The first kappa shape index (κ1) is 87.9. The van der Waals surface area contributed by atoms with Crippen molar-refractivity contribution in [2.45, 2.75) is 85.5 Å². The third kappa shape index (κ3) is 22.8. The average molecular weight is 1680 g/mol. The van der Waals surface area contributed by atoms with Gasteiger partial charge in [-0.05, 0) is 147 Å². The van der Waals surface area contributed by atoms with E-state index in [9.17, 15) is 29.4 Å². The Kier molecular flexibility index (Phi) is 31.3. The molecule has 0 amide bonds. The Hall–Kier alpha value is -13.5. The van der Waals surface area contributed by atoms with Crippen molar-refractivity contribution in [2.24, 2.45) is 0 Å². The van der Waals surface area contributed by atoms with Crippen LogP contribution in [0, 0.1) is 0 Å². The SMILES string of the molecule is C=CCc1c(CC)nc(-c2csc(OC)c2)nc1Nc1ccc(C(=O)O)cc1.C=CCc1c(CC)nc(-c2csc(OC)c2)nc1Nc1ccc(C(=O)O)cc1OC.C=CCc1c(CC)nc(-c2csc(OC)c2)nc1Nc1ccc(CC(=O)O)cc1.C=CCc1c(CC)nc(-c2csc(OC)c2)nc1Nc1ccc2cc(C(=O)O)ccc2c1. The number of methoxy groups -OCH3 is 5. The summed E-state index contributed by atoms with van der Waals surface area (Å²) < 4.78 is 26.6. The predicted octanol–water partition coefficient (Wildman–Crippen LogP) is 20.9. The number of thiophene rings is 4. The molecule has 0 bridgehead atoms. The number of aromatic carboxylic acids is 3. The normalized spacial score (nSPS) is 10.6. The lowest BCUT2D eigenvalue weighted by Crippen LogP contribution is -2.08. The maximum Gasteiger partial charge on any atom is 0.335 e. The fourth-order valence-corrected chi connectivity index (χ4v) is 15.1. The van der Waals surface area contributed by atoms with Crippen molar-refractivity contribution in [3.8, 4) is 71.6 Å². The molecule has 13 rings (SSSR count). The summed E-state index contributed by atoms with van der Waals surface area (Å²) in [4.78, 5) is 82.6. The molecule has 0 unspecified atom stereocenters. The Bertz CT molecular complexity index is 5800. The number of carboxylic acid groups (broad SMARTS) is 4. The third-order valence-electron chi connectivity index (χ3n) is 18.3. The maximum absolute atomic E-state index is 11.3.